The van der Waals surface area contributed by atoms with E-state index in [1.807, 2.05) is 18.4 Å². The average molecular weight is 225 g/mol. The Morgan fingerprint density at radius 2 is 2.38 bits per heavy atom. The molecule has 1 fully saturated rings. The van der Waals surface area contributed by atoms with Gasteiger partial charge in [-0.2, -0.15) is 0 Å². The van der Waals surface area contributed by atoms with Crippen molar-refractivity contribution in [3.8, 4) is 0 Å². The number of aliphatic hydroxyl groups is 1. The Morgan fingerprint density at radius 3 is 3.00 bits per heavy atom. The molecular weight excluding hydrogens is 206 g/mol. The Morgan fingerprint density at radius 1 is 1.56 bits per heavy atom. The molecule has 1 unspecified atom stereocenters. The molecule has 0 bridgehead atoms. The van der Waals surface area contributed by atoms with Gasteiger partial charge in [0.25, 0.3) is 0 Å². The first kappa shape index (κ1) is 11.6. The molecule has 1 saturated heterocycles. The zero-order valence-corrected chi connectivity index (χ0v) is 9.86. The third-order valence-corrected chi connectivity index (χ3v) is 3.03. The second kappa shape index (κ2) is 4.95. The summed E-state index contributed by atoms with van der Waals surface area (Å²) in [5, 5.41) is 12.4. The maximum atomic E-state index is 9.07. The SMILES string of the molecule is Cc1nc(C2CNCCO2)n(CCO)c1C. The van der Waals surface area contributed by atoms with Gasteiger partial charge in [0.1, 0.15) is 11.9 Å². The van der Waals surface area contributed by atoms with Gasteiger partial charge in [0, 0.05) is 25.3 Å². The number of aliphatic hydroxyl groups excluding tert-OH is 1. The van der Waals surface area contributed by atoms with Gasteiger partial charge in [-0.25, -0.2) is 4.98 Å². The van der Waals surface area contributed by atoms with Crippen molar-refractivity contribution < 1.29 is 9.84 Å². The second-order valence-electron chi connectivity index (χ2n) is 4.08. The number of rotatable bonds is 3. The van der Waals surface area contributed by atoms with Crippen LogP contribution in [0.1, 0.15) is 23.3 Å². The lowest BCUT2D eigenvalue weighted by Crippen LogP contribution is -2.35. The summed E-state index contributed by atoms with van der Waals surface area (Å²) in [6.45, 7) is 7.14. The van der Waals surface area contributed by atoms with Crippen molar-refractivity contribution in [2.45, 2.75) is 26.5 Å². The quantitative estimate of drug-likeness (QED) is 0.769. The summed E-state index contributed by atoms with van der Waals surface area (Å²) in [5.74, 6) is 0.927. The van der Waals surface area contributed by atoms with E-state index in [-0.39, 0.29) is 12.7 Å². The highest BCUT2D eigenvalue weighted by atomic mass is 16.5. The third-order valence-electron chi connectivity index (χ3n) is 3.03. The highest BCUT2D eigenvalue weighted by molar-refractivity contribution is 5.16. The fourth-order valence-electron chi connectivity index (χ4n) is 2.04. The van der Waals surface area contributed by atoms with Crippen molar-refractivity contribution in [2.75, 3.05) is 26.3 Å². The summed E-state index contributed by atoms with van der Waals surface area (Å²) in [5.41, 5.74) is 2.12. The molecule has 0 aromatic carbocycles. The van der Waals surface area contributed by atoms with Crippen LogP contribution in [0.15, 0.2) is 0 Å². The number of nitrogens with one attached hydrogen (secondary N) is 1. The fourth-order valence-corrected chi connectivity index (χ4v) is 2.04. The number of hydrogen-bond acceptors (Lipinski definition) is 4. The van der Waals surface area contributed by atoms with Gasteiger partial charge in [-0.05, 0) is 13.8 Å². The van der Waals surface area contributed by atoms with E-state index < -0.39 is 0 Å². The first-order valence-electron chi connectivity index (χ1n) is 5.71. The summed E-state index contributed by atoms with van der Waals surface area (Å²) < 4.78 is 7.74. The minimum Gasteiger partial charge on any atom is -0.395 e. The predicted octanol–water partition coefficient (Wildman–Crippen LogP) is 0.153. The summed E-state index contributed by atoms with van der Waals surface area (Å²) in [6.07, 6.45) is 0.00713. The zero-order chi connectivity index (χ0) is 11.5. The molecule has 0 aliphatic carbocycles. The van der Waals surface area contributed by atoms with Crippen molar-refractivity contribution in [1.82, 2.24) is 14.9 Å². The number of hydrogen-bond donors (Lipinski definition) is 2. The molecule has 5 heteroatoms. The molecule has 0 saturated carbocycles. The lowest BCUT2D eigenvalue weighted by atomic mass is 10.3. The summed E-state index contributed by atoms with van der Waals surface area (Å²) in [7, 11) is 0. The van der Waals surface area contributed by atoms with Crippen molar-refractivity contribution >= 4 is 0 Å². The van der Waals surface area contributed by atoms with Gasteiger partial charge in [0.15, 0.2) is 0 Å². The van der Waals surface area contributed by atoms with Crippen molar-refractivity contribution in [1.29, 1.82) is 0 Å². The van der Waals surface area contributed by atoms with Gasteiger partial charge in [-0.15, -0.1) is 0 Å². The largest absolute Gasteiger partial charge is 0.395 e. The minimum absolute atomic E-state index is 0.00713. The molecule has 2 N–H and O–H groups in total. The topological polar surface area (TPSA) is 59.3 Å². The highest BCUT2D eigenvalue weighted by Crippen LogP contribution is 2.21. The third kappa shape index (κ3) is 2.11. The van der Waals surface area contributed by atoms with Crippen molar-refractivity contribution in [2.24, 2.45) is 0 Å². The van der Waals surface area contributed by atoms with Crippen LogP contribution in [0.5, 0.6) is 0 Å². The van der Waals surface area contributed by atoms with Crippen LogP contribution in [0.4, 0.5) is 0 Å². The van der Waals surface area contributed by atoms with Gasteiger partial charge in [-0.3, -0.25) is 0 Å². The maximum Gasteiger partial charge on any atom is 0.139 e. The zero-order valence-electron chi connectivity index (χ0n) is 9.86. The monoisotopic (exact) mass is 225 g/mol. The molecular formula is C11H19N3O2. The molecule has 2 heterocycles. The molecule has 1 aromatic heterocycles. The normalized spacial score (nSPS) is 21.3. The van der Waals surface area contributed by atoms with E-state index in [1.54, 1.807) is 0 Å². The number of aryl methyl sites for hydroxylation is 1. The Labute approximate surface area is 95.4 Å². The first-order valence-corrected chi connectivity index (χ1v) is 5.71. The molecule has 0 radical (unpaired) electrons. The van der Waals surface area contributed by atoms with Crippen molar-refractivity contribution in [3.63, 3.8) is 0 Å². The van der Waals surface area contributed by atoms with Crippen LogP contribution in [0.3, 0.4) is 0 Å². The van der Waals surface area contributed by atoms with E-state index in [0.29, 0.717) is 6.54 Å². The van der Waals surface area contributed by atoms with Crippen LogP contribution in [0.25, 0.3) is 0 Å². The Hall–Kier alpha value is -0.910. The van der Waals surface area contributed by atoms with Gasteiger partial charge in [0.05, 0.1) is 18.9 Å². The van der Waals surface area contributed by atoms with E-state index >= 15 is 0 Å². The first-order chi connectivity index (χ1) is 7.74. The number of morpholine rings is 1. The molecule has 2 rings (SSSR count). The number of nitrogens with zero attached hydrogens (tertiary/aromatic N) is 2. The maximum absolute atomic E-state index is 9.07. The smallest absolute Gasteiger partial charge is 0.139 e. The molecule has 0 spiro atoms. The van der Waals surface area contributed by atoms with Crippen LogP contribution in [0, 0.1) is 13.8 Å². The summed E-state index contributed by atoms with van der Waals surface area (Å²) in [6, 6.07) is 0. The predicted molar refractivity (Wildman–Crippen MR) is 60.3 cm³/mol. The van der Waals surface area contributed by atoms with Crippen LogP contribution in [-0.2, 0) is 11.3 Å². The lowest BCUT2D eigenvalue weighted by molar-refractivity contribution is 0.0194. The highest BCUT2D eigenvalue weighted by Gasteiger charge is 2.22. The number of aromatic nitrogens is 2. The van der Waals surface area contributed by atoms with Gasteiger partial charge in [0.2, 0.25) is 0 Å². The van der Waals surface area contributed by atoms with E-state index in [2.05, 4.69) is 10.3 Å². The van der Waals surface area contributed by atoms with E-state index in [0.717, 1.165) is 36.9 Å². The molecule has 0 amide bonds. The van der Waals surface area contributed by atoms with Gasteiger partial charge < -0.3 is 19.7 Å². The fraction of sp³-hybridized carbons (Fsp3) is 0.727. The Balaban J connectivity index is 2.27. The van der Waals surface area contributed by atoms with Crippen LogP contribution >= 0.6 is 0 Å². The Bertz CT molecular complexity index is 356. The van der Waals surface area contributed by atoms with E-state index in [9.17, 15) is 0 Å². The minimum atomic E-state index is 0.00713. The van der Waals surface area contributed by atoms with Crippen LogP contribution < -0.4 is 5.32 Å². The summed E-state index contributed by atoms with van der Waals surface area (Å²) in [4.78, 5) is 4.54. The molecule has 1 atom stereocenters. The molecule has 5 nitrogen and oxygen atoms in total. The van der Waals surface area contributed by atoms with Gasteiger partial charge in [-0.1, -0.05) is 0 Å². The molecule has 90 valence electrons. The number of imidazole rings is 1. The van der Waals surface area contributed by atoms with E-state index in [4.69, 9.17) is 9.84 Å². The van der Waals surface area contributed by atoms with E-state index in [1.165, 1.54) is 0 Å². The lowest BCUT2D eigenvalue weighted by Gasteiger charge is -2.24. The van der Waals surface area contributed by atoms with Crippen molar-refractivity contribution in [3.05, 3.63) is 17.2 Å². The van der Waals surface area contributed by atoms with Gasteiger partial charge >= 0.3 is 0 Å². The molecule has 1 aromatic rings. The molecule has 16 heavy (non-hydrogen) atoms. The van der Waals surface area contributed by atoms with Crippen LogP contribution in [0.2, 0.25) is 0 Å². The Kier molecular flexibility index (Phi) is 3.58. The standard InChI is InChI=1S/C11H19N3O2/c1-8-9(2)14(4-5-15)11(13-8)10-7-12-3-6-16-10/h10,12,15H,3-7H2,1-2H3. The molecule has 1 aliphatic rings. The average Bonchev–Trinajstić information content (AvgIpc) is 2.59. The molecule has 1 aliphatic heterocycles. The summed E-state index contributed by atoms with van der Waals surface area (Å²) >= 11 is 0. The second-order valence-corrected chi connectivity index (χ2v) is 4.08. The van der Waals surface area contributed by atoms with Crippen LogP contribution in [-0.4, -0.2) is 41.0 Å². The number of ether oxygens (including phenoxy) is 1.